The molecule has 25 heteroatoms. The molecule has 0 aliphatic carbocycles. The summed E-state index contributed by atoms with van der Waals surface area (Å²) in [6.45, 7) is 7.49. The molecule has 0 fully saturated rings. The second kappa shape index (κ2) is 41.6. The Morgan fingerprint density at radius 1 is 0.307 bits per heavy atom. The van der Waals surface area contributed by atoms with Crippen LogP contribution in [0.25, 0.3) is 0 Å². The van der Waals surface area contributed by atoms with Crippen LogP contribution in [-0.4, -0.2) is 30.5 Å². The predicted octanol–water partition coefficient (Wildman–Crippen LogP) is 20.0. The number of aryl methyl sites for hydroxylation is 3. The number of halogens is 12. The molecule has 13 nitrogen and oxygen atoms in total. The van der Waals surface area contributed by atoms with Crippen molar-refractivity contribution >= 4 is 117 Å². The van der Waals surface area contributed by atoms with Gasteiger partial charge in [0.1, 0.15) is 49.4 Å². The van der Waals surface area contributed by atoms with E-state index in [0.717, 1.165) is 27.8 Å². The first-order chi connectivity index (χ1) is 54.5. The van der Waals surface area contributed by atoms with Crippen molar-refractivity contribution in [2.45, 2.75) is 79.8 Å². The zero-order valence-corrected chi connectivity index (χ0v) is 67.0. The molecule has 12 aromatic rings. The lowest BCUT2D eigenvalue weighted by Crippen LogP contribution is -2.23. The summed E-state index contributed by atoms with van der Waals surface area (Å²) in [6.07, 6.45) is 0.782. The highest BCUT2D eigenvalue weighted by molar-refractivity contribution is 6.39. The lowest BCUT2D eigenvalue weighted by Gasteiger charge is -2.16. The van der Waals surface area contributed by atoms with Gasteiger partial charge >= 0.3 is 0 Å². The van der Waals surface area contributed by atoms with Crippen molar-refractivity contribution < 1.29 is 80.9 Å². The van der Waals surface area contributed by atoms with Crippen molar-refractivity contribution in [3.05, 3.63) is 388 Å². The maximum atomic E-state index is 14.3. The van der Waals surface area contributed by atoms with Crippen molar-refractivity contribution in [3.63, 3.8) is 0 Å². The molecule has 0 atom stereocenters. The first kappa shape index (κ1) is 87.5. The average Bonchev–Trinajstić information content (AvgIpc) is 0.771. The topological polar surface area (TPSA) is 207 Å². The summed E-state index contributed by atoms with van der Waals surface area (Å²) < 4.78 is 84.4. The molecule has 0 saturated carbocycles. The molecule has 0 bridgehead atoms. The first-order valence-electron chi connectivity index (χ1n) is 34.7. The van der Waals surface area contributed by atoms with Gasteiger partial charge in [-0.05, 0) is 143 Å². The van der Waals surface area contributed by atoms with Crippen LogP contribution in [0.2, 0.25) is 40.2 Å². The maximum Gasteiger partial charge on any atom is 0.204 e. The zero-order chi connectivity index (χ0) is 82.4. The fourth-order valence-corrected chi connectivity index (χ4v) is 13.8. The van der Waals surface area contributed by atoms with Gasteiger partial charge < -0.3 is 63.3 Å². The summed E-state index contributed by atoms with van der Waals surface area (Å²) in [5.74, 6) is -11.5. The molecule has 114 heavy (non-hydrogen) atoms. The minimum Gasteiger partial charge on any atom is -0.545 e. The number of benzene rings is 12. The van der Waals surface area contributed by atoms with Gasteiger partial charge in [-0.25, -0.2) is 8.78 Å². The Balaban J connectivity index is 0.000000175. The van der Waals surface area contributed by atoms with Crippen LogP contribution in [0.1, 0.15) is 132 Å². The van der Waals surface area contributed by atoms with Crippen LogP contribution in [0.15, 0.2) is 218 Å². The number of hydrogen-bond donors (Lipinski definition) is 0. The highest BCUT2D eigenvalue weighted by Gasteiger charge is 2.28. The molecule has 0 saturated heterocycles. The van der Waals surface area contributed by atoms with Crippen molar-refractivity contribution in [1.29, 1.82) is 0 Å². The molecule has 0 spiro atoms. The van der Waals surface area contributed by atoms with Crippen LogP contribution in [0.4, 0.5) is 17.6 Å². The van der Waals surface area contributed by atoms with E-state index in [-0.39, 0.29) is 75.9 Å². The molecular formula is C89H66Cl8F4O13-4. The minimum atomic E-state index is -1.68. The third-order valence-electron chi connectivity index (χ3n) is 17.6. The van der Waals surface area contributed by atoms with Gasteiger partial charge in [-0.2, -0.15) is 8.78 Å². The number of carboxylic acid groups (broad SMARTS) is 4. The van der Waals surface area contributed by atoms with E-state index in [4.69, 9.17) is 112 Å². The third kappa shape index (κ3) is 22.9. The van der Waals surface area contributed by atoms with E-state index in [1.165, 1.54) is 55.0 Å². The summed E-state index contributed by atoms with van der Waals surface area (Å²) in [7, 11) is 0. The van der Waals surface area contributed by atoms with E-state index in [1.807, 2.05) is 93.6 Å². The highest BCUT2D eigenvalue weighted by atomic mass is 35.5. The van der Waals surface area contributed by atoms with E-state index < -0.39 is 65.1 Å². The molecule has 0 aromatic heterocycles. The number of carbonyl (C=O) groups is 4. The fourth-order valence-electron chi connectivity index (χ4n) is 11.6. The highest BCUT2D eigenvalue weighted by Crippen LogP contribution is 2.41. The van der Waals surface area contributed by atoms with Crippen LogP contribution in [0, 0.1) is 44.0 Å². The normalized spacial score (nSPS) is 10.7. The Bertz CT molecular complexity index is 5470. The van der Waals surface area contributed by atoms with E-state index in [9.17, 15) is 57.2 Å². The summed E-state index contributed by atoms with van der Waals surface area (Å²) in [4.78, 5) is 45.4. The third-order valence-corrected chi connectivity index (χ3v) is 20.7. The molecule has 0 heterocycles. The summed E-state index contributed by atoms with van der Waals surface area (Å²) in [5, 5.41) is 48.0. The Kier molecular flexibility index (Phi) is 31.9. The molecule has 0 unspecified atom stereocenters. The standard InChI is InChI=1S/C23H16Cl2F4O4.3C22H18Cl2O3/c1-2-32-22-20(28)18(26)14(19(27)21(22)29)10-33-16-8-7-15(24)13(17(16)25)9-11-5-3-4-6-12(11)23(30)31;1-14-5-4-6-15(11-14)13-27-20-10-9-19(23)18(21(20)24)12-16-7-2-3-8-17(16)22(25)26;1-14-6-2-3-8-16(14)13-27-20-11-10-19(23)18(21(20)24)12-15-7-4-5-9-17(15)22(25)26;1-14-6-8-15(9-7-14)13-27-20-11-10-19(23)18(21(20)24)12-16-4-2-3-5-17(16)22(25)26/h3-8H,2,9-10H2,1H3,(H,30,31);3*2-11H,12-13H2,1H3,(H,25,26)/p-4. The van der Waals surface area contributed by atoms with E-state index in [2.05, 4.69) is 4.74 Å². The average molecular weight is 1700 g/mol. The van der Waals surface area contributed by atoms with E-state index in [1.54, 1.807) is 103 Å². The van der Waals surface area contributed by atoms with E-state index >= 15 is 0 Å². The van der Waals surface area contributed by atoms with Crippen molar-refractivity contribution in [1.82, 2.24) is 0 Å². The van der Waals surface area contributed by atoms with Crippen LogP contribution in [0.5, 0.6) is 28.7 Å². The Labute approximate surface area is 695 Å². The van der Waals surface area contributed by atoms with E-state index in [0.29, 0.717) is 106 Å². The van der Waals surface area contributed by atoms with Crippen LogP contribution >= 0.6 is 92.8 Å². The predicted molar refractivity (Wildman–Crippen MR) is 428 cm³/mol. The number of rotatable bonds is 26. The molecule has 588 valence electrons. The van der Waals surface area contributed by atoms with Gasteiger partial charge in [0.15, 0.2) is 17.4 Å². The van der Waals surface area contributed by atoms with Crippen LogP contribution < -0.4 is 44.1 Å². The lowest BCUT2D eigenvalue weighted by molar-refractivity contribution is -0.256. The Morgan fingerprint density at radius 3 is 0.956 bits per heavy atom. The quantitative estimate of drug-likeness (QED) is 0.0366. The second-order valence-electron chi connectivity index (χ2n) is 25.4. The second-order valence-corrected chi connectivity index (χ2v) is 28.5. The number of aromatic carboxylic acids is 4. The van der Waals surface area contributed by atoms with Gasteiger partial charge in [-0.1, -0.05) is 274 Å². The van der Waals surface area contributed by atoms with Crippen LogP contribution in [0.3, 0.4) is 0 Å². The zero-order valence-electron chi connectivity index (χ0n) is 61.0. The lowest BCUT2D eigenvalue weighted by atomic mass is 9.99. The van der Waals surface area contributed by atoms with Gasteiger partial charge in [0.2, 0.25) is 11.6 Å². The molecule has 0 amide bonds. The SMILES string of the molecule is CCOc1c(F)c(F)c(COc2ccc(Cl)c(Cc3ccccc3C(=O)[O-])c2Cl)c(F)c1F.Cc1ccc(COc2ccc(Cl)c(Cc3ccccc3C(=O)[O-])c2Cl)cc1.Cc1cccc(COc2ccc(Cl)c(Cc3ccccc3C(=O)[O-])c2Cl)c1.Cc1ccccc1COc1ccc(Cl)c(Cc2ccccc2C(=O)[O-])c1Cl. The van der Waals surface area contributed by atoms with Crippen molar-refractivity contribution in [2.24, 2.45) is 0 Å². The number of ether oxygens (including phenoxy) is 5. The number of hydrogen-bond acceptors (Lipinski definition) is 13. The van der Waals surface area contributed by atoms with Gasteiger partial charge in [0.25, 0.3) is 0 Å². The maximum absolute atomic E-state index is 14.3. The fraction of sp³-hybridized carbons (Fsp3) is 0.146. The largest absolute Gasteiger partial charge is 0.545 e. The number of carboxylic acids is 4. The summed E-state index contributed by atoms with van der Waals surface area (Å²) in [6, 6.07) is 62.9. The minimum absolute atomic E-state index is 0.0198. The Morgan fingerprint density at radius 2 is 0.623 bits per heavy atom. The molecule has 0 aliphatic rings. The summed E-state index contributed by atoms with van der Waals surface area (Å²) in [5.41, 5.74) is 10.1. The van der Waals surface area contributed by atoms with Gasteiger partial charge in [-0.3, -0.25) is 0 Å². The molecule has 12 rings (SSSR count). The van der Waals surface area contributed by atoms with Gasteiger partial charge in [0, 0.05) is 68.0 Å². The monoisotopic (exact) mass is 1700 g/mol. The van der Waals surface area contributed by atoms with Gasteiger partial charge in [-0.15, -0.1) is 0 Å². The summed E-state index contributed by atoms with van der Waals surface area (Å²) >= 11 is 51.1. The molecule has 0 aliphatic heterocycles. The van der Waals surface area contributed by atoms with Crippen molar-refractivity contribution in [3.8, 4) is 28.7 Å². The van der Waals surface area contributed by atoms with Crippen LogP contribution in [-0.2, 0) is 52.1 Å². The van der Waals surface area contributed by atoms with Gasteiger partial charge in [0.05, 0.1) is 56.1 Å². The molecule has 0 N–H and O–H groups in total. The smallest absolute Gasteiger partial charge is 0.204 e. The number of carbonyl (C=O) groups excluding carboxylic acids is 4. The molecule has 0 radical (unpaired) electrons. The molecule has 12 aromatic carbocycles. The molecular weight excluding hydrogens is 1640 g/mol. The van der Waals surface area contributed by atoms with Crippen molar-refractivity contribution in [2.75, 3.05) is 6.61 Å². The Hall–Kier alpha value is -10.4. The first-order valence-corrected chi connectivity index (χ1v) is 37.8.